The van der Waals surface area contributed by atoms with Crippen LogP contribution in [0.3, 0.4) is 0 Å². The van der Waals surface area contributed by atoms with E-state index in [0.717, 1.165) is 66.2 Å². The van der Waals surface area contributed by atoms with Gasteiger partial charge in [0, 0.05) is 61.0 Å². The van der Waals surface area contributed by atoms with E-state index in [-0.39, 0.29) is 5.78 Å². The number of anilines is 1. The summed E-state index contributed by atoms with van der Waals surface area (Å²) in [5.41, 5.74) is 3.80. The molecule has 1 aliphatic rings. The second kappa shape index (κ2) is 8.39. The third-order valence-electron chi connectivity index (χ3n) is 5.46. The van der Waals surface area contributed by atoms with Gasteiger partial charge in [-0.2, -0.15) is 0 Å². The molecule has 1 fully saturated rings. The highest BCUT2D eigenvalue weighted by molar-refractivity contribution is 6.30. The third-order valence-corrected chi connectivity index (χ3v) is 5.78. The van der Waals surface area contributed by atoms with Crippen LogP contribution in [0.25, 0.3) is 10.9 Å². The monoisotopic (exact) mass is 409 g/mol. The molecule has 0 spiro atoms. The number of ether oxygens (including phenoxy) is 1. The molecule has 1 saturated heterocycles. The van der Waals surface area contributed by atoms with Crippen molar-refractivity contribution >= 4 is 34.0 Å². The number of Topliss-reactive ketones (excluding diaryl/α,β-unsaturated/α-hetero) is 1. The van der Waals surface area contributed by atoms with E-state index < -0.39 is 0 Å². The van der Waals surface area contributed by atoms with Crippen LogP contribution in [-0.2, 0) is 6.54 Å². The van der Waals surface area contributed by atoms with Gasteiger partial charge in [0.15, 0.2) is 5.78 Å². The number of aromatic nitrogens is 1. The molecule has 0 atom stereocenters. The average Bonchev–Trinajstić information content (AvgIpc) is 2.74. The van der Waals surface area contributed by atoms with Gasteiger partial charge in [0.25, 0.3) is 0 Å². The van der Waals surface area contributed by atoms with Gasteiger partial charge in [0.05, 0.1) is 12.6 Å². The second-order valence-electron chi connectivity index (χ2n) is 7.36. The Balaban J connectivity index is 1.41. The molecule has 3 aromatic rings. The number of rotatable bonds is 5. The Hall–Kier alpha value is -2.63. The van der Waals surface area contributed by atoms with E-state index in [1.54, 1.807) is 14.0 Å². The number of hydrogen-bond acceptors (Lipinski definition) is 5. The van der Waals surface area contributed by atoms with Crippen molar-refractivity contribution in [1.82, 2.24) is 9.88 Å². The Labute approximate surface area is 175 Å². The highest BCUT2D eigenvalue weighted by atomic mass is 35.5. The van der Waals surface area contributed by atoms with E-state index in [4.69, 9.17) is 16.3 Å². The number of hydrogen-bond donors (Lipinski definition) is 0. The number of carbonyl (C=O) groups excluding carboxylic acids is 1. The summed E-state index contributed by atoms with van der Waals surface area (Å²) >= 11 is 6.47. The maximum atomic E-state index is 11.4. The first kappa shape index (κ1) is 19.7. The van der Waals surface area contributed by atoms with Crippen LogP contribution in [0.2, 0.25) is 5.15 Å². The van der Waals surface area contributed by atoms with E-state index in [0.29, 0.717) is 5.15 Å². The van der Waals surface area contributed by atoms with Crippen molar-refractivity contribution in [3.63, 3.8) is 0 Å². The largest absolute Gasteiger partial charge is 0.497 e. The maximum Gasteiger partial charge on any atom is 0.159 e. The Bertz CT molecular complexity index is 1030. The van der Waals surface area contributed by atoms with E-state index in [2.05, 4.69) is 20.9 Å². The number of halogens is 1. The van der Waals surface area contributed by atoms with Gasteiger partial charge in [-0.15, -0.1) is 0 Å². The summed E-state index contributed by atoms with van der Waals surface area (Å²) in [6.07, 6.45) is 0. The molecule has 2 aromatic carbocycles. The number of ketones is 1. The summed E-state index contributed by atoms with van der Waals surface area (Å²) in [5, 5.41) is 1.61. The molecule has 0 amide bonds. The molecule has 0 radical (unpaired) electrons. The van der Waals surface area contributed by atoms with Crippen LogP contribution in [0.1, 0.15) is 22.8 Å². The van der Waals surface area contributed by atoms with Gasteiger partial charge in [-0.05, 0) is 49.4 Å². The van der Waals surface area contributed by atoms with Crippen molar-refractivity contribution in [3.05, 3.63) is 64.8 Å². The Kier molecular flexibility index (Phi) is 5.69. The molecule has 6 heteroatoms. The minimum atomic E-state index is 0.0979. The number of benzene rings is 2. The zero-order valence-electron chi connectivity index (χ0n) is 16.7. The smallest absolute Gasteiger partial charge is 0.159 e. The molecule has 2 heterocycles. The predicted molar refractivity (Wildman–Crippen MR) is 117 cm³/mol. The van der Waals surface area contributed by atoms with Crippen LogP contribution in [0.15, 0.2) is 48.5 Å². The summed E-state index contributed by atoms with van der Waals surface area (Å²) in [4.78, 5) is 20.8. The fourth-order valence-corrected chi connectivity index (χ4v) is 3.92. The van der Waals surface area contributed by atoms with Gasteiger partial charge >= 0.3 is 0 Å². The molecule has 0 bridgehead atoms. The molecule has 4 rings (SSSR count). The van der Waals surface area contributed by atoms with Crippen molar-refractivity contribution < 1.29 is 9.53 Å². The van der Waals surface area contributed by atoms with Gasteiger partial charge in [-0.1, -0.05) is 11.6 Å². The van der Waals surface area contributed by atoms with Gasteiger partial charge < -0.3 is 9.64 Å². The number of piperazine rings is 1. The molecule has 1 aliphatic heterocycles. The Morgan fingerprint density at radius 2 is 1.79 bits per heavy atom. The normalized spacial score (nSPS) is 14.9. The van der Waals surface area contributed by atoms with Crippen LogP contribution in [0, 0.1) is 0 Å². The molecule has 0 N–H and O–H groups in total. The van der Waals surface area contributed by atoms with Crippen molar-refractivity contribution in [1.29, 1.82) is 0 Å². The lowest BCUT2D eigenvalue weighted by molar-refractivity contribution is 0.101. The highest BCUT2D eigenvalue weighted by Gasteiger charge is 2.19. The van der Waals surface area contributed by atoms with E-state index in [1.165, 1.54) is 0 Å². The summed E-state index contributed by atoms with van der Waals surface area (Å²) in [5.74, 6) is 0.877. The molecule has 0 unspecified atom stereocenters. The highest BCUT2D eigenvalue weighted by Crippen LogP contribution is 2.26. The zero-order chi connectivity index (χ0) is 20.4. The first-order chi connectivity index (χ1) is 14.0. The summed E-state index contributed by atoms with van der Waals surface area (Å²) in [7, 11) is 1.65. The molecular weight excluding hydrogens is 386 g/mol. The number of fused-ring (bicyclic) bond motifs is 1. The summed E-state index contributed by atoms with van der Waals surface area (Å²) in [6, 6.07) is 15.9. The lowest BCUT2D eigenvalue weighted by Crippen LogP contribution is -2.46. The molecule has 150 valence electrons. The van der Waals surface area contributed by atoms with Crippen LogP contribution >= 0.6 is 11.6 Å². The van der Waals surface area contributed by atoms with Crippen LogP contribution in [0.4, 0.5) is 5.69 Å². The van der Waals surface area contributed by atoms with E-state index >= 15 is 0 Å². The maximum absolute atomic E-state index is 11.4. The molecule has 0 saturated carbocycles. The van der Waals surface area contributed by atoms with Gasteiger partial charge in [0.2, 0.25) is 0 Å². The lowest BCUT2D eigenvalue weighted by Gasteiger charge is -2.36. The van der Waals surface area contributed by atoms with Gasteiger partial charge in [0.1, 0.15) is 10.9 Å². The summed E-state index contributed by atoms with van der Waals surface area (Å²) in [6.45, 7) is 6.16. The average molecular weight is 410 g/mol. The first-order valence-corrected chi connectivity index (χ1v) is 10.1. The number of pyridine rings is 1. The van der Waals surface area contributed by atoms with Crippen molar-refractivity contribution in [3.8, 4) is 5.75 Å². The second-order valence-corrected chi connectivity index (χ2v) is 7.72. The summed E-state index contributed by atoms with van der Waals surface area (Å²) < 4.78 is 5.27. The molecule has 5 nitrogen and oxygen atoms in total. The topological polar surface area (TPSA) is 45.7 Å². The number of methoxy groups -OCH3 is 1. The standard InChI is InChI=1S/C23H24ClN3O2/c1-16(28)17-3-6-20(7-4-17)27-11-9-26(10-12-27)15-19-13-18-5-8-21(29-2)14-22(18)25-23(19)24/h3-8,13-14H,9-12,15H2,1-2H3. The minimum absolute atomic E-state index is 0.0979. The van der Waals surface area contributed by atoms with Crippen LogP contribution in [-0.4, -0.2) is 49.0 Å². The van der Waals surface area contributed by atoms with Crippen molar-refractivity contribution in [2.45, 2.75) is 13.5 Å². The van der Waals surface area contributed by atoms with E-state index in [9.17, 15) is 4.79 Å². The molecule has 1 aromatic heterocycles. The lowest BCUT2D eigenvalue weighted by atomic mass is 10.1. The van der Waals surface area contributed by atoms with Gasteiger partial charge in [-0.3, -0.25) is 9.69 Å². The van der Waals surface area contributed by atoms with Crippen LogP contribution in [0.5, 0.6) is 5.75 Å². The molecule has 29 heavy (non-hydrogen) atoms. The third kappa shape index (κ3) is 4.36. The quantitative estimate of drug-likeness (QED) is 0.461. The van der Waals surface area contributed by atoms with E-state index in [1.807, 2.05) is 42.5 Å². The van der Waals surface area contributed by atoms with Crippen molar-refractivity contribution in [2.75, 3.05) is 38.2 Å². The SMILES string of the molecule is COc1ccc2cc(CN3CCN(c4ccc(C(C)=O)cc4)CC3)c(Cl)nc2c1. The number of nitrogens with zero attached hydrogens (tertiary/aromatic N) is 3. The van der Waals surface area contributed by atoms with Crippen molar-refractivity contribution in [2.24, 2.45) is 0 Å². The first-order valence-electron chi connectivity index (χ1n) is 9.75. The Morgan fingerprint density at radius 3 is 2.45 bits per heavy atom. The minimum Gasteiger partial charge on any atom is -0.497 e. The predicted octanol–water partition coefficient (Wildman–Crippen LogP) is 4.42. The fraction of sp³-hybridized carbons (Fsp3) is 0.304. The number of carbonyl (C=O) groups is 1. The molecular formula is C23H24ClN3O2. The zero-order valence-corrected chi connectivity index (χ0v) is 17.4. The molecule has 0 aliphatic carbocycles. The van der Waals surface area contributed by atoms with Crippen LogP contribution < -0.4 is 9.64 Å². The Morgan fingerprint density at radius 1 is 1.07 bits per heavy atom. The fourth-order valence-electron chi connectivity index (χ4n) is 3.72. The van der Waals surface area contributed by atoms with Gasteiger partial charge in [-0.25, -0.2) is 4.98 Å².